The van der Waals surface area contributed by atoms with Crippen molar-refractivity contribution in [2.45, 2.75) is 25.0 Å². The van der Waals surface area contributed by atoms with Crippen LogP contribution < -0.4 is 10.1 Å². The number of carbonyl (C=O) groups excluding carboxylic acids is 1. The maximum atomic E-state index is 12.2. The number of carboxylic acids is 1. The summed E-state index contributed by atoms with van der Waals surface area (Å²) >= 11 is 1.49. The van der Waals surface area contributed by atoms with Crippen LogP contribution in [0.1, 0.15) is 18.9 Å². The van der Waals surface area contributed by atoms with Crippen LogP contribution in [0, 0.1) is 11.3 Å². The van der Waals surface area contributed by atoms with E-state index in [-0.39, 0.29) is 0 Å². The number of nitriles is 1. The van der Waals surface area contributed by atoms with E-state index < -0.39 is 23.5 Å². The summed E-state index contributed by atoms with van der Waals surface area (Å²) < 4.78 is 5.50. The minimum Gasteiger partial charge on any atom is -0.480 e. The normalized spacial score (nSPS) is 21.6. The first-order chi connectivity index (χ1) is 10.5. The molecule has 1 aliphatic rings. The maximum Gasteiger partial charge on any atom is 0.330 e. The van der Waals surface area contributed by atoms with Gasteiger partial charge in [-0.15, -0.1) is 0 Å². The van der Waals surface area contributed by atoms with Crippen LogP contribution in [0.15, 0.2) is 24.3 Å². The molecular weight excluding hydrogens is 304 g/mol. The van der Waals surface area contributed by atoms with Crippen LogP contribution >= 0.6 is 11.8 Å². The Morgan fingerprint density at radius 3 is 2.82 bits per heavy atom. The number of hydrogen-bond acceptors (Lipinski definition) is 5. The summed E-state index contributed by atoms with van der Waals surface area (Å²) in [5.41, 5.74) is -0.903. The van der Waals surface area contributed by atoms with Crippen molar-refractivity contribution in [2.75, 3.05) is 11.5 Å². The van der Waals surface area contributed by atoms with Crippen LogP contribution in [0.5, 0.6) is 5.75 Å². The number of nitrogens with zero attached hydrogens (tertiary/aromatic N) is 1. The number of hydrogen-bond donors (Lipinski definition) is 2. The molecule has 0 saturated carbocycles. The molecule has 1 aromatic carbocycles. The van der Waals surface area contributed by atoms with Crippen molar-refractivity contribution in [3.63, 3.8) is 0 Å². The van der Waals surface area contributed by atoms with Crippen molar-refractivity contribution < 1.29 is 19.4 Å². The van der Waals surface area contributed by atoms with E-state index in [2.05, 4.69) is 5.32 Å². The molecule has 7 heteroatoms. The summed E-state index contributed by atoms with van der Waals surface area (Å²) in [6.45, 7) is 1.53. The molecular formula is C15H16N2O4S. The van der Waals surface area contributed by atoms with Crippen molar-refractivity contribution in [2.24, 2.45) is 0 Å². The third-order valence-electron chi connectivity index (χ3n) is 3.47. The molecule has 1 saturated heterocycles. The highest BCUT2D eigenvalue weighted by Gasteiger charge is 2.44. The summed E-state index contributed by atoms with van der Waals surface area (Å²) in [5, 5.41) is 20.9. The zero-order chi connectivity index (χ0) is 16.2. The van der Waals surface area contributed by atoms with E-state index in [0.717, 1.165) is 0 Å². The van der Waals surface area contributed by atoms with E-state index in [4.69, 9.17) is 10.00 Å². The number of ether oxygens (including phenoxy) is 1. The van der Waals surface area contributed by atoms with E-state index in [1.54, 1.807) is 24.3 Å². The third kappa shape index (κ3) is 3.34. The molecule has 2 atom stereocenters. The third-order valence-corrected chi connectivity index (χ3v) is 4.66. The van der Waals surface area contributed by atoms with Crippen LogP contribution in [0.4, 0.5) is 0 Å². The van der Waals surface area contributed by atoms with E-state index in [1.165, 1.54) is 18.7 Å². The van der Waals surface area contributed by atoms with Crippen LogP contribution in [0.2, 0.25) is 0 Å². The van der Waals surface area contributed by atoms with Crippen LogP contribution in [0.25, 0.3) is 0 Å². The van der Waals surface area contributed by atoms with Gasteiger partial charge in [0, 0.05) is 5.75 Å². The Morgan fingerprint density at radius 2 is 2.23 bits per heavy atom. The first-order valence-corrected chi connectivity index (χ1v) is 7.93. The fourth-order valence-electron chi connectivity index (χ4n) is 2.13. The van der Waals surface area contributed by atoms with E-state index >= 15 is 0 Å². The average Bonchev–Trinajstić information content (AvgIpc) is 2.97. The number of thioether (sulfide) groups is 1. The lowest BCUT2D eigenvalue weighted by Gasteiger charge is -2.26. The summed E-state index contributed by atoms with van der Waals surface area (Å²) in [6, 6.07) is 8.57. The molecule has 0 spiro atoms. The smallest absolute Gasteiger partial charge is 0.330 e. The van der Waals surface area contributed by atoms with Gasteiger partial charge in [-0.05, 0) is 31.2 Å². The summed E-state index contributed by atoms with van der Waals surface area (Å²) in [6.07, 6.45) is -0.503. The van der Waals surface area contributed by atoms with E-state index in [0.29, 0.717) is 29.2 Å². The molecule has 0 bridgehead atoms. The van der Waals surface area contributed by atoms with Gasteiger partial charge in [-0.25, -0.2) is 4.79 Å². The molecule has 1 fully saturated rings. The van der Waals surface area contributed by atoms with Gasteiger partial charge in [0.2, 0.25) is 0 Å². The van der Waals surface area contributed by atoms with Crippen molar-refractivity contribution in [3.05, 3.63) is 29.8 Å². The average molecular weight is 320 g/mol. The van der Waals surface area contributed by atoms with E-state index in [9.17, 15) is 14.7 Å². The van der Waals surface area contributed by atoms with Crippen LogP contribution in [0.3, 0.4) is 0 Å². The fraction of sp³-hybridized carbons (Fsp3) is 0.400. The lowest BCUT2D eigenvalue weighted by atomic mass is 9.99. The number of carbonyl (C=O) groups is 2. The number of carboxylic acid groups (broad SMARTS) is 1. The molecule has 0 radical (unpaired) electrons. The molecule has 1 aliphatic heterocycles. The molecule has 116 valence electrons. The lowest BCUT2D eigenvalue weighted by molar-refractivity contribution is -0.147. The number of amides is 1. The highest BCUT2D eigenvalue weighted by molar-refractivity contribution is 7.99. The highest BCUT2D eigenvalue weighted by Crippen LogP contribution is 2.28. The minimum absolute atomic E-state index is 0.304. The Bertz CT molecular complexity index is 620. The first kappa shape index (κ1) is 16.2. The minimum atomic E-state index is -1.23. The predicted octanol–water partition coefficient (Wildman–Crippen LogP) is 1.40. The van der Waals surface area contributed by atoms with Gasteiger partial charge in [0.25, 0.3) is 5.91 Å². The van der Waals surface area contributed by atoms with Crippen molar-refractivity contribution >= 4 is 23.6 Å². The maximum absolute atomic E-state index is 12.2. The number of para-hydroxylation sites is 1. The summed E-state index contributed by atoms with van der Waals surface area (Å²) in [5.74, 6) is -0.194. The van der Waals surface area contributed by atoms with Gasteiger partial charge in [0.15, 0.2) is 6.10 Å². The van der Waals surface area contributed by atoms with Gasteiger partial charge in [-0.1, -0.05) is 12.1 Å². The zero-order valence-corrected chi connectivity index (χ0v) is 12.9. The van der Waals surface area contributed by atoms with E-state index in [1.807, 2.05) is 6.07 Å². The first-order valence-electron chi connectivity index (χ1n) is 6.77. The molecule has 0 aromatic heterocycles. The van der Waals surface area contributed by atoms with Gasteiger partial charge in [-0.3, -0.25) is 4.79 Å². The van der Waals surface area contributed by atoms with Crippen LogP contribution in [-0.2, 0) is 9.59 Å². The number of aliphatic carboxylic acids is 1. The van der Waals surface area contributed by atoms with Crippen LogP contribution in [-0.4, -0.2) is 40.1 Å². The fourth-order valence-corrected chi connectivity index (χ4v) is 3.45. The Hall–Kier alpha value is -2.20. The molecule has 1 aromatic rings. The molecule has 1 heterocycles. The Morgan fingerprint density at radius 1 is 1.50 bits per heavy atom. The molecule has 6 nitrogen and oxygen atoms in total. The lowest BCUT2D eigenvalue weighted by Crippen LogP contribution is -2.57. The molecule has 2 rings (SSSR count). The zero-order valence-electron chi connectivity index (χ0n) is 12.0. The molecule has 0 aliphatic carbocycles. The standard InChI is InChI=1S/C15H16N2O4S/c1-10(21-12-5-3-2-4-11(12)8-16)13(18)17-15(14(19)20)6-7-22-9-15/h2-5,10H,6-7,9H2,1H3,(H,17,18)(H,19,20)/t10-,15+/m0/s1. The number of rotatable bonds is 5. The van der Waals surface area contributed by atoms with Gasteiger partial charge in [0.1, 0.15) is 17.4 Å². The quantitative estimate of drug-likeness (QED) is 0.851. The second kappa shape index (κ2) is 6.71. The molecule has 2 N–H and O–H groups in total. The number of nitrogens with one attached hydrogen (secondary N) is 1. The van der Waals surface area contributed by atoms with Gasteiger partial charge >= 0.3 is 5.97 Å². The Balaban J connectivity index is 2.06. The molecule has 1 amide bonds. The highest BCUT2D eigenvalue weighted by atomic mass is 32.2. The predicted molar refractivity (Wildman–Crippen MR) is 81.7 cm³/mol. The van der Waals surface area contributed by atoms with Gasteiger partial charge < -0.3 is 15.2 Å². The second-order valence-electron chi connectivity index (χ2n) is 5.05. The summed E-state index contributed by atoms with van der Waals surface area (Å²) in [4.78, 5) is 23.6. The van der Waals surface area contributed by atoms with Gasteiger partial charge in [-0.2, -0.15) is 17.0 Å². The topological polar surface area (TPSA) is 99.4 Å². The largest absolute Gasteiger partial charge is 0.480 e. The second-order valence-corrected chi connectivity index (χ2v) is 6.15. The van der Waals surface area contributed by atoms with Crippen molar-refractivity contribution in [1.29, 1.82) is 5.26 Å². The molecule has 22 heavy (non-hydrogen) atoms. The molecule has 0 unspecified atom stereocenters. The Kier molecular flexibility index (Phi) is 4.93. The monoisotopic (exact) mass is 320 g/mol. The summed E-state index contributed by atoms with van der Waals surface area (Å²) in [7, 11) is 0. The number of benzene rings is 1. The Labute approximate surface area is 132 Å². The van der Waals surface area contributed by atoms with Gasteiger partial charge in [0.05, 0.1) is 5.56 Å². The van der Waals surface area contributed by atoms with Crippen molar-refractivity contribution in [3.8, 4) is 11.8 Å². The van der Waals surface area contributed by atoms with Crippen molar-refractivity contribution in [1.82, 2.24) is 5.32 Å². The SMILES string of the molecule is C[C@H](Oc1ccccc1C#N)C(=O)N[C@]1(C(=O)O)CCSC1.